The highest BCUT2D eigenvalue weighted by Crippen LogP contribution is 2.25. The number of rotatable bonds is 4. The van der Waals surface area contributed by atoms with E-state index in [0.29, 0.717) is 12.6 Å². The summed E-state index contributed by atoms with van der Waals surface area (Å²) in [5.41, 5.74) is 0.880. The van der Waals surface area contributed by atoms with E-state index in [9.17, 15) is 0 Å². The average Bonchev–Trinajstić information content (AvgIpc) is 3.02. The quantitative estimate of drug-likeness (QED) is 0.793. The third-order valence-corrected chi connectivity index (χ3v) is 4.84. The standard InChI is InChI=1S/C13H13BrN4S/c1-9(11-6-10(14)8-19-11)15-7-13-17-16-12-4-2-3-5-18(12)13/h2-6,8-9,15H,7H2,1H3. The van der Waals surface area contributed by atoms with Crippen LogP contribution in [0.3, 0.4) is 0 Å². The molecular formula is C13H13BrN4S. The summed E-state index contributed by atoms with van der Waals surface area (Å²) in [6.45, 7) is 2.85. The molecular weight excluding hydrogens is 324 g/mol. The van der Waals surface area contributed by atoms with Crippen LogP contribution in [-0.2, 0) is 6.54 Å². The Bertz CT molecular complexity index is 691. The van der Waals surface area contributed by atoms with Crippen LogP contribution in [0.1, 0.15) is 23.7 Å². The lowest BCUT2D eigenvalue weighted by Crippen LogP contribution is -2.18. The lowest BCUT2D eigenvalue weighted by molar-refractivity contribution is 0.563. The zero-order valence-corrected chi connectivity index (χ0v) is 12.8. The summed E-state index contributed by atoms with van der Waals surface area (Å²) in [5.74, 6) is 0.929. The van der Waals surface area contributed by atoms with E-state index in [4.69, 9.17) is 0 Å². The molecule has 0 aliphatic heterocycles. The van der Waals surface area contributed by atoms with E-state index in [0.717, 1.165) is 15.9 Å². The first-order chi connectivity index (χ1) is 9.24. The van der Waals surface area contributed by atoms with Crippen LogP contribution in [0.5, 0.6) is 0 Å². The minimum atomic E-state index is 0.298. The normalized spacial score (nSPS) is 12.9. The molecule has 98 valence electrons. The van der Waals surface area contributed by atoms with E-state index in [2.05, 4.69) is 49.8 Å². The van der Waals surface area contributed by atoms with E-state index < -0.39 is 0 Å². The van der Waals surface area contributed by atoms with Crippen molar-refractivity contribution < 1.29 is 0 Å². The first-order valence-electron chi connectivity index (χ1n) is 6.00. The van der Waals surface area contributed by atoms with Crippen molar-refractivity contribution >= 4 is 32.9 Å². The number of nitrogens with zero attached hydrogens (tertiary/aromatic N) is 3. The Kier molecular flexibility index (Phi) is 3.63. The zero-order chi connectivity index (χ0) is 13.2. The number of halogens is 1. The van der Waals surface area contributed by atoms with Gasteiger partial charge in [0.2, 0.25) is 0 Å². The van der Waals surface area contributed by atoms with Gasteiger partial charge in [0.05, 0.1) is 6.54 Å². The second-order valence-corrected chi connectivity index (χ2v) is 6.17. The average molecular weight is 337 g/mol. The second kappa shape index (κ2) is 5.40. The SMILES string of the molecule is CC(NCc1nnc2ccccn12)c1cc(Br)cs1. The molecule has 3 rings (SSSR count). The number of nitrogens with one attached hydrogen (secondary N) is 1. The summed E-state index contributed by atoms with van der Waals surface area (Å²) >= 11 is 5.23. The lowest BCUT2D eigenvalue weighted by atomic mass is 10.3. The van der Waals surface area contributed by atoms with Crippen LogP contribution in [0.25, 0.3) is 5.65 Å². The largest absolute Gasteiger partial charge is 0.302 e. The summed E-state index contributed by atoms with van der Waals surface area (Å²) < 4.78 is 3.14. The van der Waals surface area contributed by atoms with Gasteiger partial charge in [-0.2, -0.15) is 0 Å². The van der Waals surface area contributed by atoms with Gasteiger partial charge in [-0.1, -0.05) is 6.07 Å². The number of pyridine rings is 1. The fourth-order valence-corrected chi connectivity index (χ4v) is 3.39. The van der Waals surface area contributed by atoms with Crippen molar-refractivity contribution in [1.82, 2.24) is 19.9 Å². The van der Waals surface area contributed by atoms with Crippen LogP contribution in [0.2, 0.25) is 0 Å². The van der Waals surface area contributed by atoms with Crippen LogP contribution in [0.4, 0.5) is 0 Å². The van der Waals surface area contributed by atoms with Crippen molar-refractivity contribution in [3.8, 4) is 0 Å². The number of thiophene rings is 1. The Labute approximate surface area is 123 Å². The molecule has 0 aromatic carbocycles. The molecule has 0 amide bonds. The third-order valence-electron chi connectivity index (χ3n) is 2.97. The van der Waals surface area contributed by atoms with E-state index in [-0.39, 0.29) is 0 Å². The highest BCUT2D eigenvalue weighted by Gasteiger charge is 2.10. The van der Waals surface area contributed by atoms with Gasteiger partial charge in [-0.3, -0.25) is 4.40 Å². The Morgan fingerprint density at radius 3 is 3.11 bits per heavy atom. The second-order valence-electron chi connectivity index (χ2n) is 4.31. The zero-order valence-electron chi connectivity index (χ0n) is 10.4. The van der Waals surface area contributed by atoms with Gasteiger partial charge < -0.3 is 5.32 Å². The van der Waals surface area contributed by atoms with Gasteiger partial charge in [0.25, 0.3) is 0 Å². The van der Waals surface area contributed by atoms with Crippen molar-refractivity contribution in [2.75, 3.05) is 0 Å². The molecule has 0 spiro atoms. The Balaban J connectivity index is 1.72. The summed E-state index contributed by atoms with van der Waals surface area (Å²) in [7, 11) is 0. The van der Waals surface area contributed by atoms with E-state index >= 15 is 0 Å². The number of aromatic nitrogens is 3. The van der Waals surface area contributed by atoms with Crippen LogP contribution < -0.4 is 5.32 Å². The van der Waals surface area contributed by atoms with Crippen LogP contribution in [0, 0.1) is 0 Å². The molecule has 0 saturated heterocycles. The van der Waals surface area contributed by atoms with Crippen molar-refractivity contribution in [3.63, 3.8) is 0 Å². The molecule has 4 nitrogen and oxygen atoms in total. The minimum absolute atomic E-state index is 0.298. The van der Waals surface area contributed by atoms with Crippen LogP contribution in [-0.4, -0.2) is 14.6 Å². The van der Waals surface area contributed by atoms with Gasteiger partial charge in [0.15, 0.2) is 11.5 Å². The molecule has 3 aromatic heterocycles. The molecule has 0 radical (unpaired) electrons. The predicted octanol–water partition coefficient (Wildman–Crippen LogP) is 3.40. The third kappa shape index (κ3) is 2.70. The number of hydrogen-bond donors (Lipinski definition) is 1. The maximum Gasteiger partial charge on any atom is 0.160 e. The van der Waals surface area contributed by atoms with Gasteiger partial charge in [0.1, 0.15) is 0 Å². The molecule has 0 saturated carbocycles. The highest BCUT2D eigenvalue weighted by atomic mass is 79.9. The van der Waals surface area contributed by atoms with Crippen molar-refractivity contribution in [2.45, 2.75) is 19.5 Å². The van der Waals surface area contributed by atoms with Crippen molar-refractivity contribution in [3.05, 3.63) is 51.0 Å². The Morgan fingerprint density at radius 2 is 2.32 bits per heavy atom. The van der Waals surface area contributed by atoms with Crippen molar-refractivity contribution in [1.29, 1.82) is 0 Å². The Hall–Kier alpha value is -1.24. The molecule has 3 aromatic rings. The highest BCUT2D eigenvalue weighted by molar-refractivity contribution is 9.10. The van der Waals surface area contributed by atoms with Crippen LogP contribution >= 0.6 is 27.3 Å². The fraction of sp³-hybridized carbons (Fsp3) is 0.231. The number of fused-ring (bicyclic) bond motifs is 1. The van der Waals surface area contributed by atoms with Gasteiger partial charge in [-0.05, 0) is 41.1 Å². The molecule has 3 heterocycles. The van der Waals surface area contributed by atoms with E-state index in [1.807, 2.05) is 28.8 Å². The fourth-order valence-electron chi connectivity index (χ4n) is 1.91. The molecule has 0 aliphatic carbocycles. The molecule has 1 atom stereocenters. The topological polar surface area (TPSA) is 42.2 Å². The summed E-state index contributed by atoms with van der Waals surface area (Å²) in [5, 5.41) is 13.9. The van der Waals surface area contributed by atoms with Crippen LogP contribution in [0.15, 0.2) is 40.3 Å². The van der Waals surface area contributed by atoms with Crippen molar-refractivity contribution in [2.24, 2.45) is 0 Å². The molecule has 0 bridgehead atoms. The first kappa shape index (κ1) is 12.8. The molecule has 6 heteroatoms. The summed E-state index contributed by atoms with van der Waals surface area (Å²) in [6.07, 6.45) is 1.98. The first-order valence-corrected chi connectivity index (χ1v) is 7.67. The smallest absolute Gasteiger partial charge is 0.160 e. The lowest BCUT2D eigenvalue weighted by Gasteiger charge is -2.10. The summed E-state index contributed by atoms with van der Waals surface area (Å²) in [6, 6.07) is 8.35. The molecule has 1 unspecified atom stereocenters. The predicted molar refractivity (Wildman–Crippen MR) is 80.3 cm³/mol. The van der Waals surface area contributed by atoms with Gasteiger partial charge in [-0.15, -0.1) is 21.5 Å². The monoisotopic (exact) mass is 336 g/mol. The molecule has 0 fully saturated rings. The summed E-state index contributed by atoms with van der Waals surface area (Å²) in [4.78, 5) is 1.31. The molecule has 19 heavy (non-hydrogen) atoms. The molecule has 0 aliphatic rings. The van der Waals surface area contributed by atoms with Gasteiger partial charge in [0, 0.05) is 27.0 Å². The Morgan fingerprint density at radius 1 is 1.42 bits per heavy atom. The van der Waals surface area contributed by atoms with Gasteiger partial charge in [-0.25, -0.2) is 0 Å². The minimum Gasteiger partial charge on any atom is -0.302 e. The van der Waals surface area contributed by atoms with Gasteiger partial charge >= 0.3 is 0 Å². The maximum atomic E-state index is 4.21. The number of hydrogen-bond acceptors (Lipinski definition) is 4. The van der Waals surface area contributed by atoms with E-state index in [1.165, 1.54) is 4.88 Å². The molecule has 1 N–H and O–H groups in total. The maximum absolute atomic E-state index is 4.21. The van der Waals surface area contributed by atoms with E-state index in [1.54, 1.807) is 11.3 Å².